The van der Waals surface area contributed by atoms with E-state index in [2.05, 4.69) is 129 Å². The fourth-order valence-electron chi connectivity index (χ4n) is 6.14. The summed E-state index contributed by atoms with van der Waals surface area (Å²) in [6, 6.07) is 32.4. The number of hydrogen-bond acceptors (Lipinski definition) is 4. The first kappa shape index (κ1) is 48.9. The van der Waals surface area contributed by atoms with Crippen LogP contribution < -0.4 is 0 Å². The van der Waals surface area contributed by atoms with Crippen LogP contribution in [-0.2, 0) is 0 Å². The Hall–Kier alpha value is -3.17. The molecule has 0 fully saturated rings. The lowest BCUT2D eigenvalue weighted by molar-refractivity contribution is 0.170. The van der Waals surface area contributed by atoms with Crippen LogP contribution in [0.2, 0.25) is 39.3 Å². The van der Waals surface area contributed by atoms with E-state index in [0.29, 0.717) is 11.1 Å². The van der Waals surface area contributed by atoms with Gasteiger partial charge in [0, 0.05) is 32.6 Å². The number of furan rings is 2. The van der Waals surface area contributed by atoms with Gasteiger partial charge < -0.3 is 18.6 Å². The van der Waals surface area contributed by atoms with E-state index in [1.165, 1.54) is 47.0 Å². The fourth-order valence-corrected chi connectivity index (χ4v) is 9.83. The summed E-state index contributed by atoms with van der Waals surface area (Å²) in [5.74, 6) is 0. The van der Waals surface area contributed by atoms with Gasteiger partial charge in [-0.1, -0.05) is 154 Å². The Morgan fingerprint density at radius 2 is 0.611 bits per heavy atom. The molecule has 0 amide bonds. The first-order chi connectivity index (χ1) is 25.2. The molecule has 0 spiro atoms. The minimum Gasteiger partial charge on any atom is -0.456 e. The van der Waals surface area contributed by atoms with E-state index in [-0.39, 0.29) is 0 Å². The second-order valence-corrected chi connectivity index (χ2v) is 28.6. The molecule has 6 rings (SSSR count). The summed E-state index contributed by atoms with van der Waals surface area (Å²) >= 11 is 0. The van der Waals surface area contributed by atoms with Crippen molar-refractivity contribution in [1.29, 1.82) is 0 Å². The number of para-hydroxylation sites is 4. The summed E-state index contributed by atoms with van der Waals surface area (Å²) in [6.45, 7) is 43.3. The van der Waals surface area contributed by atoms with Gasteiger partial charge in [0.05, 0.1) is 16.1 Å². The van der Waals surface area contributed by atoms with Crippen molar-refractivity contribution >= 4 is 60.0 Å². The van der Waals surface area contributed by atoms with Gasteiger partial charge in [0.15, 0.2) is 0 Å². The molecule has 300 valence electrons. The Balaban J connectivity index is 0.000000349. The van der Waals surface area contributed by atoms with E-state index < -0.39 is 16.1 Å². The third kappa shape index (κ3) is 16.3. The standard InChI is InChI=1S/2C12H8O.2C10H25NSi.2C2H6/c2*1-3-7-11-9(5-1)10-6-2-4-8-12(10)13-11;2*1-8-11(10(2,3)4)9-12(5,6)7;2*1-2/h2*1-8H;2*8-9H2,1-7H3;2*1-2H3. The molecule has 4 nitrogen and oxygen atoms in total. The maximum atomic E-state index is 5.65. The molecule has 6 heteroatoms. The highest BCUT2D eigenvalue weighted by molar-refractivity contribution is 6.76. The molecule has 0 N–H and O–H groups in total. The number of benzene rings is 4. The second-order valence-electron chi connectivity index (χ2n) is 17.7. The van der Waals surface area contributed by atoms with Crippen LogP contribution in [0.3, 0.4) is 0 Å². The van der Waals surface area contributed by atoms with Crippen molar-refractivity contribution in [3.63, 3.8) is 0 Å². The maximum Gasteiger partial charge on any atom is 0.135 e. The molecule has 6 aromatic rings. The quantitative estimate of drug-likeness (QED) is 0.158. The highest BCUT2D eigenvalue weighted by Gasteiger charge is 2.26. The lowest BCUT2D eigenvalue weighted by Gasteiger charge is -2.38. The van der Waals surface area contributed by atoms with E-state index in [9.17, 15) is 0 Å². The average Bonchev–Trinajstić information content (AvgIpc) is 3.69. The Morgan fingerprint density at radius 1 is 0.407 bits per heavy atom. The predicted molar refractivity (Wildman–Crippen MR) is 251 cm³/mol. The van der Waals surface area contributed by atoms with Crippen molar-refractivity contribution in [2.75, 3.05) is 25.4 Å². The molecular formula is C48H78N2O2Si2. The molecule has 0 aliphatic carbocycles. The van der Waals surface area contributed by atoms with Gasteiger partial charge in [0.25, 0.3) is 0 Å². The lowest BCUT2D eigenvalue weighted by atomic mass is 10.1. The van der Waals surface area contributed by atoms with Gasteiger partial charge in [-0.15, -0.1) is 0 Å². The third-order valence-electron chi connectivity index (χ3n) is 8.56. The van der Waals surface area contributed by atoms with Crippen LogP contribution in [0.25, 0.3) is 43.9 Å². The molecule has 4 aromatic carbocycles. The van der Waals surface area contributed by atoms with Crippen LogP contribution in [-0.4, -0.2) is 62.5 Å². The van der Waals surface area contributed by atoms with E-state index in [1.54, 1.807) is 0 Å². The Kier molecular flexibility index (Phi) is 20.3. The number of fused-ring (bicyclic) bond motifs is 6. The monoisotopic (exact) mass is 771 g/mol. The lowest BCUT2D eigenvalue weighted by Crippen LogP contribution is -2.49. The molecule has 2 aromatic heterocycles. The van der Waals surface area contributed by atoms with E-state index in [4.69, 9.17) is 8.83 Å². The first-order valence-corrected chi connectivity index (χ1v) is 27.9. The number of hydrogen-bond donors (Lipinski definition) is 0. The first-order valence-electron chi connectivity index (χ1n) is 20.5. The topological polar surface area (TPSA) is 32.8 Å². The largest absolute Gasteiger partial charge is 0.456 e. The van der Waals surface area contributed by atoms with Crippen LogP contribution in [0, 0.1) is 0 Å². The third-order valence-corrected chi connectivity index (χ3v) is 11.2. The zero-order chi connectivity index (χ0) is 41.3. The normalized spacial score (nSPS) is 11.8. The summed E-state index contributed by atoms with van der Waals surface area (Å²) < 4.78 is 11.3. The Morgan fingerprint density at radius 3 is 0.759 bits per heavy atom. The molecule has 0 aliphatic heterocycles. The highest BCUT2D eigenvalue weighted by Crippen LogP contribution is 2.28. The van der Waals surface area contributed by atoms with Gasteiger partial charge >= 0.3 is 0 Å². The SMILES string of the molecule is CC.CC.CCN(C[Si](C)(C)C)C(C)(C)C.CCN(C[Si](C)(C)C)C(C)(C)C.c1ccc2c(c1)oc1ccccc12.c1ccc2c(c1)oc1ccccc12. The van der Waals surface area contributed by atoms with Crippen LogP contribution in [0.1, 0.15) is 83.1 Å². The Labute approximate surface area is 333 Å². The van der Waals surface area contributed by atoms with Gasteiger partial charge in [-0.05, 0) is 91.2 Å². The van der Waals surface area contributed by atoms with Crippen LogP contribution >= 0.6 is 0 Å². The molecule has 0 aliphatic rings. The minimum atomic E-state index is -0.925. The zero-order valence-electron chi connectivity index (χ0n) is 37.8. The summed E-state index contributed by atoms with van der Waals surface area (Å²) in [5.41, 5.74) is 4.53. The van der Waals surface area contributed by atoms with Gasteiger partial charge in [-0.2, -0.15) is 0 Å². The van der Waals surface area contributed by atoms with Crippen molar-refractivity contribution in [3.05, 3.63) is 97.1 Å². The summed E-state index contributed by atoms with van der Waals surface area (Å²) in [7, 11) is -1.85. The number of rotatable bonds is 6. The highest BCUT2D eigenvalue weighted by atomic mass is 28.3. The molecule has 0 unspecified atom stereocenters. The van der Waals surface area contributed by atoms with E-state index in [1.807, 2.05) is 100 Å². The van der Waals surface area contributed by atoms with E-state index >= 15 is 0 Å². The average molecular weight is 771 g/mol. The zero-order valence-corrected chi connectivity index (χ0v) is 39.8. The molecular weight excluding hydrogens is 693 g/mol. The van der Waals surface area contributed by atoms with Gasteiger partial charge in [0.2, 0.25) is 0 Å². The molecule has 0 saturated carbocycles. The van der Waals surface area contributed by atoms with Gasteiger partial charge in [-0.25, -0.2) is 0 Å². The molecule has 0 bridgehead atoms. The summed E-state index contributed by atoms with van der Waals surface area (Å²) in [4.78, 5) is 5.17. The molecule has 2 heterocycles. The van der Waals surface area contributed by atoms with Crippen LogP contribution in [0.5, 0.6) is 0 Å². The Bertz CT molecular complexity index is 1660. The molecule has 0 radical (unpaired) electrons. The summed E-state index contributed by atoms with van der Waals surface area (Å²) in [6.07, 6.45) is 2.62. The second kappa shape index (κ2) is 22.4. The molecule has 0 atom stereocenters. The minimum absolute atomic E-state index is 0.342. The van der Waals surface area contributed by atoms with Crippen LogP contribution in [0.15, 0.2) is 106 Å². The van der Waals surface area contributed by atoms with Crippen LogP contribution in [0.4, 0.5) is 0 Å². The van der Waals surface area contributed by atoms with Crippen molar-refractivity contribution in [2.45, 2.75) is 133 Å². The van der Waals surface area contributed by atoms with Gasteiger partial charge in [-0.3, -0.25) is 0 Å². The molecule has 54 heavy (non-hydrogen) atoms. The molecule has 0 saturated heterocycles. The predicted octanol–water partition coefficient (Wildman–Crippen LogP) is 15.2. The van der Waals surface area contributed by atoms with Crippen molar-refractivity contribution in [1.82, 2.24) is 9.80 Å². The number of nitrogens with zero attached hydrogens (tertiary/aromatic N) is 2. The van der Waals surface area contributed by atoms with Crippen molar-refractivity contribution < 1.29 is 8.83 Å². The van der Waals surface area contributed by atoms with E-state index in [0.717, 1.165) is 22.3 Å². The van der Waals surface area contributed by atoms with Crippen molar-refractivity contribution in [2.24, 2.45) is 0 Å². The fraction of sp³-hybridized carbons (Fsp3) is 0.500. The smallest absolute Gasteiger partial charge is 0.135 e. The summed E-state index contributed by atoms with van der Waals surface area (Å²) in [5, 5.41) is 4.77. The maximum absolute atomic E-state index is 5.65. The van der Waals surface area contributed by atoms with Crippen molar-refractivity contribution in [3.8, 4) is 0 Å². The van der Waals surface area contributed by atoms with Gasteiger partial charge in [0.1, 0.15) is 22.3 Å².